The molecule has 4 N–H and O–H groups in total. The Balaban J connectivity index is 1.38. The fourth-order valence-electron chi connectivity index (χ4n) is 4.18. The standard InChI is InChI=1S/C24H24ClN7O4/c1-32-9-15(7-29-32)31-24(35)13-2-5-17(19(25)6-13)21(34)18-8-26-22-20(18)23(28-12-27-22)30-14-3-4-16(10-33)36-11-14/h2,5-9,12,14,16,33H,3-4,10-11H2,1H3,(H,31,35)(H2,26,27,28,30)/t14-,16+/m1/s1. The monoisotopic (exact) mass is 509 g/mol. The topological polar surface area (TPSA) is 147 Å². The molecule has 2 atom stereocenters. The molecule has 11 nitrogen and oxygen atoms in total. The minimum atomic E-state index is -0.367. The van der Waals surface area contributed by atoms with Gasteiger partial charge in [0.15, 0.2) is 5.78 Å². The second kappa shape index (κ2) is 10.1. The molecule has 1 aromatic carbocycles. The first-order chi connectivity index (χ1) is 17.4. The van der Waals surface area contributed by atoms with Crippen molar-refractivity contribution in [3.63, 3.8) is 0 Å². The molecule has 1 aliphatic rings. The lowest BCUT2D eigenvalue weighted by atomic mass is 10.0. The molecule has 4 aromatic rings. The number of fused-ring (bicyclic) bond motifs is 1. The number of hydrogen-bond acceptors (Lipinski definition) is 8. The normalized spacial score (nSPS) is 17.8. The van der Waals surface area contributed by atoms with Gasteiger partial charge in [0, 0.05) is 30.6 Å². The van der Waals surface area contributed by atoms with Gasteiger partial charge in [-0.2, -0.15) is 5.10 Å². The highest BCUT2D eigenvalue weighted by atomic mass is 35.5. The molecule has 12 heteroatoms. The average Bonchev–Trinajstić information content (AvgIpc) is 3.50. The fourth-order valence-corrected chi connectivity index (χ4v) is 4.45. The summed E-state index contributed by atoms with van der Waals surface area (Å²) in [7, 11) is 1.75. The molecule has 0 aliphatic carbocycles. The molecule has 186 valence electrons. The molecular formula is C24H24ClN7O4. The number of anilines is 2. The second-order valence-corrected chi connectivity index (χ2v) is 8.99. The van der Waals surface area contributed by atoms with Crippen molar-refractivity contribution in [3.05, 3.63) is 64.8 Å². The number of aromatic amines is 1. The molecule has 1 saturated heterocycles. The van der Waals surface area contributed by atoms with Crippen LogP contribution in [0, 0.1) is 0 Å². The van der Waals surface area contributed by atoms with Gasteiger partial charge < -0.3 is 25.5 Å². The summed E-state index contributed by atoms with van der Waals surface area (Å²) >= 11 is 6.46. The minimum Gasteiger partial charge on any atom is -0.394 e. The van der Waals surface area contributed by atoms with Crippen molar-refractivity contribution in [1.82, 2.24) is 24.7 Å². The molecule has 4 heterocycles. The average molecular weight is 510 g/mol. The molecule has 1 aliphatic heterocycles. The smallest absolute Gasteiger partial charge is 0.255 e. The fraction of sp³-hybridized carbons (Fsp3) is 0.292. The maximum atomic E-state index is 13.5. The van der Waals surface area contributed by atoms with Crippen molar-refractivity contribution in [2.45, 2.75) is 25.0 Å². The van der Waals surface area contributed by atoms with E-state index in [1.54, 1.807) is 30.2 Å². The first kappa shape index (κ1) is 23.9. The van der Waals surface area contributed by atoms with E-state index in [-0.39, 0.29) is 41.0 Å². The zero-order valence-electron chi connectivity index (χ0n) is 19.4. The number of nitrogens with one attached hydrogen (secondary N) is 3. The highest BCUT2D eigenvalue weighted by Gasteiger charge is 2.25. The number of aliphatic hydroxyl groups is 1. The van der Waals surface area contributed by atoms with Crippen LogP contribution in [0.4, 0.5) is 11.5 Å². The molecule has 1 amide bonds. The van der Waals surface area contributed by atoms with Gasteiger partial charge in [0.25, 0.3) is 5.91 Å². The number of halogens is 1. The number of H-pyrrole nitrogens is 1. The van der Waals surface area contributed by atoms with E-state index in [4.69, 9.17) is 16.3 Å². The Morgan fingerprint density at radius 2 is 2.14 bits per heavy atom. The van der Waals surface area contributed by atoms with E-state index in [9.17, 15) is 14.7 Å². The Kier molecular flexibility index (Phi) is 6.68. The Morgan fingerprint density at radius 3 is 2.83 bits per heavy atom. The number of carbonyl (C=O) groups is 2. The Labute approximate surface area is 210 Å². The summed E-state index contributed by atoms with van der Waals surface area (Å²) in [6.45, 7) is 0.407. The van der Waals surface area contributed by atoms with Gasteiger partial charge in [0.2, 0.25) is 0 Å². The number of aromatic nitrogens is 5. The maximum Gasteiger partial charge on any atom is 0.255 e. The maximum absolute atomic E-state index is 13.5. The molecule has 5 rings (SSSR count). The van der Waals surface area contributed by atoms with E-state index < -0.39 is 0 Å². The third-order valence-electron chi connectivity index (χ3n) is 6.07. The SMILES string of the molecule is Cn1cc(NC(=O)c2ccc(C(=O)c3c[nH]c4ncnc(N[C@@H]5CC[C@@H](CO)OC5)c34)c(Cl)c2)cn1. The van der Waals surface area contributed by atoms with Crippen LogP contribution in [-0.2, 0) is 11.8 Å². The van der Waals surface area contributed by atoms with Crippen molar-refractivity contribution >= 4 is 45.8 Å². The number of carbonyl (C=O) groups excluding carboxylic acids is 2. The summed E-state index contributed by atoms with van der Waals surface area (Å²) < 4.78 is 7.23. The number of hydrogen-bond donors (Lipinski definition) is 4. The van der Waals surface area contributed by atoms with Gasteiger partial charge in [-0.1, -0.05) is 11.6 Å². The lowest BCUT2D eigenvalue weighted by Crippen LogP contribution is -2.36. The van der Waals surface area contributed by atoms with Crippen LogP contribution in [0.5, 0.6) is 0 Å². The van der Waals surface area contributed by atoms with Gasteiger partial charge in [0.1, 0.15) is 17.8 Å². The summed E-state index contributed by atoms with van der Waals surface area (Å²) in [5.74, 6) is -0.193. The second-order valence-electron chi connectivity index (χ2n) is 8.59. The molecule has 0 spiro atoms. The first-order valence-corrected chi connectivity index (χ1v) is 11.8. The number of aliphatic hydroxyl groups excluding tert-OH is 1. The van der Waals surface area contributed by atoms with Crippen LogP contribution in [0.15, 0.2) is 43.1 Å². The first-order valence-electron chi connectivity index (χ1n) is 11.4. The van der Waals surface area contributed by atoms with E-state index in [0.29, 0.717) is 40.3 Å². The van der Waals surface area contributed by atoms with Gasteiger partial charge in [-0.05, 0) is 31.0 Å². The predicted octanol–water partition coefficient (Wildman–Crippen LogP) is 2.78. The van der Waals surface area contributed by atoms with Gasteiger partial charge in [-0.3, -0.25) is 14.3 Å². The molecule has 3 aromatic heterocycles. The number of aryl methyl sites for hydroxylation is 1. The number of amides is 1. The molecule has 0 radical (unpaired) electrons. The molecular weight excluding hydrogens is 486 g/mol. The van der Waals surface area contributed by atoms with Crippen LogP contribution in [0.1, 0.15) is 39.1 Å². The van der Waals surface area contributed by atoms with Crippen LogP contribution >= 0.6 is 11.6 Å². The van der Waals surface area contributed by atoms with E-state index in [0.717, 1.165) is 12.8 Å². The van der Waals surface area contributed by atoms with Crippen molar-refractivity contribution in [2.24, 2.45) is 7.05 Å². The van der Waals surface area contributed by atoms with Crippen LogP contribution in [0.25, 0.3) is 11.0 Å². The summed E-state index contributed by atoms with van der Waals surface area (Å²) in [6.07, 6.45) is 7.55. The van der Waals surface area contributed by atoms with Gasteiger partial charge in [-0.15, -0.1) is 0 Å². The van der Waals surface area contributed by atoms with Gasteiger partial charge >= 0.3 is 0 Å². The van der Waals surface area contributed by atoms with Crippen LogP contribution in [0.2, 0.25) is 5.02 Å². The van der Waals surface area contributed by atoms with E-state index in [2.05, 4.69) is 30.7 Å². The number of nitrogens with zero attached hydrogens (tertiary/aromatic N) is 4. The molecule has 0 saturated carbocycles. The molecule has 36 heavy (non-hydrogen) atoms. The molecule has 0 bridgehead atoms. The quantitative estimate of drug-likeness (QED) is 0.278. The number of benzene rings is 1. The number of ether oxygens (including phenoxy) is 1. The van der Waals surface area contributed by atoms with E-state index >= 15 is 0 Å². The largest absolute Gasteiger partial charge is 0.394 e. The van der Waals surface area contributed by atoms with Crippen molar-refractivity contribution in [2.75, 3.05) is 23.8 Å². The predicted molar refractivity (Wildman–Crippen MR) is 133 cm³/mol. The zero-order valence-corrected chi connectivity index (χ0v) is 20.1. The third-order valence-corrected chi connectivity index (χ3v) is 6.38. The van der Waals surface area contributed by atoms with Crippen LogP contribution < -0.4 is 10.6 Å². The van der Waals surface area contributed by atoms with Gasteiger partial charge in [-0.25, -0.2) is 9.97 Å². The van der Waals surface area contributed by atoms with Gasteiger partial charge in [0.05, 0.1) is 53.2 Å². The number of rotatable bonds is 7. The number of ketones is 1. The summed E-state index contributed by atoms with van der Waals surface area (Å²) in [4.78, 5) is 37.7. The van der Waals surface area contributed by atoms with E-state index in [1.807, 2.05) is 0 Å². The highest BCUT2D eigenvalue weighted by Crippen LogP contribution is 2.29. The highest BCUT2D eigenvalue weighted by molar-refractivity contribution is 6.36. The molecule has 1 fully saturated rings. The Hall–Kier alpha value is -3.80. The van der Waals surface area contributed by atoms with Crippen molar-refractivity contribution in [3.8, 4) is 0 Å². The van der Waals surface area contributed by atoms with Crippen LogP contribution in [-0.4, -0.2) is 66.9 Å². The molecule has 0 unspecified atom stereocenters. The lowest BCUT2D eigenvalue weighted by molar-refractivity contribution is -0.0224. The zero-order chi connectivity index (χ0) is 25.2. The summed E-state index contributed by atoms with van der Waals surface area (Å²) in [5, 5.41) is 20.1. The Morgan fingerprint density at radius 1 is 1.28 bits per heavy atom. The summed E-state index contributed by atoms with van der Waals surface area (Å²) in [5.41, 5.74) is 1.96. The third kappa shape index (κ3) is 4.81. The van der Waals surface area contributed by atoms with Crippen molar-refractivity contribution in [1.29, 1.82) is 0 Å². The van der Waals surface area contributed by atoms with Crippen molar-refractivity contribution < 1.29 is 19.4 Å². The Bertz CT molecular complexity index is 1430. The lowest BCUT2D eigenvalue weighted by Gasteiger charge is -2.29. The van der Waals surface area contributed by atoms with E-state index in [1.165, 1.54) is 24.7 Å². The minimum absolute atomic E-state index is 0.00833. The van der Waals surface area contributed by atoms with Crippen LogP contribution in [0.3, 0.4) is 0 Å². The summed E-state index contributed by atoms with van der Waals surface area (Å²) in [6, 6.07) is 4.52.